The summed E-state index contributed by atoms with van der Waals surface area (Å²) < 4.78 is 52.9. The predicted octanol–water partition coefficient (Wildman–Crippen LogP) is 4.88. The van der Waals surface area contributed by atoms with Crippen LogP contribution in [0.25, 0.3) is 16.9 Å². The summed E-state index contributed by atoms with van der Waals surface area (Å²) in [5.74, 6) is 0.326. The Balaban J connectivity index is 1.38. The van der Waals surface area contributed by atoms with Gasteiger partial charge in [0.1, 0.15) is 0 Å². The minimum absolute atomic E-state index is 0.0460. The van der Waals surface area contributed by atoms with Crippen molar-refractivity contribution in [3.05, 3.63) is 71.0 Å². The molecule has 7 nitrogen and oxygen atoms in total. The standard InChI is InChI=1S/C24H17F3N4O3/c25-24(26,27)21-10-17(15-5-7-19-20(9-15)34-12-33-19)29-22-11-18(30-31(21)22)23(32)28-16-6-4-13-2-1-3-14(13)8-16/h4-11H,1-3,12H2,(H,28,32). The fourth-order valence-corrected chi connectivity index (χ4v) is 4.34. The molecule has 0 saturated carbocycles. The molecule has 1 amide bonds. The second kappa shape index (κ2) is 7.47. The van der Waals surface area contributed by atoms with Crippen LogP contribution in [0.15, 0.2) is 48.5 Å². The Kier molecular flexibility index (Phi) is 4.51. The number of anilines is 1. The summed E-state index contributed by atoms with van der Waals surface area (Å²) >= 11 is 0. The molecular formula is C24H17F3N4O3. The lowest BCUT2D eigenvalue weighted by Gasteiger charge is -2.11. The molecule has 1 N–H and O–H groups in total. The van der Waals surface area contributed by atoms with Gasteiger partial charge < -0.3 is 14.8 Å². The lowest BCUT2D eigenvalue weighted by molar-refractivity contribution is -0.142. The number of ether oxygens (including phenoxy) is 2. The second-order valence-corrected chi connectivity index (χ2v) is 8.18. The number of fused-ring (bicyclic) bond motifs is 3. The number of halogens is 3. The Hall–Kier alpha value is -4.08. The van der Waals surface area contributed by atoms with E-state index in [1.165, 1.54) is 17.2 Å². The van der Waals surface area contributed by atoms with Gasteiger partial charge in [0.2, 0.25) is 6.79 Å². The number of aromatic nitrogens is 3. The number of alkyl halides is 3. The fourth-order valence-electron chi connectivity index (χ4n) is 4.34. The number of nitrogens with zero attached hydrogens (tertiary/aromatic N) is 3. The molecule has 34 heavy (non-hydrogen) atoms. The monoisotopic (exact) mass is 466 g/mol. The van der Waals surface area contributed by atoms with E-state index in [0.717, 1.165) is 25.3 Å². The van der Waals surface area contributed by atoms with Crippen molar-refractivity contribution in [2.45, 2.75) is 25.4 Å². The zero-order valence-corrected chi connectivity index (χ0v) is 17.6. The molecule has 0 fully saturated rings. The Bertz CT molecular complexity index is 1460. The Labute approximate surface area is 191 Å². The molecular weight excluding hydrogens is 449 g/mol. The normalized spacial score (nSPS) is 14.4. The third-order valence-electron chi connectivity index (χ3n) is 5.97. The number of amides is 1. The molecule has 1 aliphatic heterocycles. The summed E-state index contributed by atoms with van der Waals surface area (Å²) in [6.07, 6.45) is -1.70. The molecule has 2 aliphatic rings. The summed E-state index contributed by atoms with van der Waals surface area (Å²) in [5.41, 5.74) is 2.19. The topological polar surface area (TPSA) is 77.8 Å². The molecule has 0 bridgehead atoms. The quantitative estimate of drug-likeness (QED) is 0.466. The number of nitrogens with one attached hydrogen (secondary N) is 1. The molecule has 4 aromatic rings. The number of hydrogen-bond acceptors (Lipinski definition) is 5. The molecule has 0 radical (unpaired) electrons. The van der Waals surface area contributed by atoms with Gasteiger partial charge in [0.05, 0.1) is 5.69 Å². The lowest BCUT2D eigenvalue weighted by Crippen LogP contribution is -2.15. The van der Waals surface area contributed by atoms with Crippen LogP contribution in [0.2, 0.25) is 0 Å². The van der Waals surface area contributed by atoms with Gasteiger partial charge in [-0.2, -0.15) is 18.3 Å². The molecule has 6 rings (SSSR count). The summed E-state index contributed by atoms with van der Waals surface area (Å²) in [4.78, 5) is 17.1. The van der Waals surface area contributed by atoms with Gasteiger partial charge in [-0.1, -0.05) is 6.07 Å². The molecule has 172 valence electrons. The molecule has 0 spiro atoms. The van der Waals surface area contributed by atoms with Crippen LogP contribution in [0.1, 0.15) is 33.7 Å². The first-order chi connectivity index (χ1) is 16.3. The SMILES string of the molecule is O=C(Nc1ccc2c(c1)CCC2)c1cc2nc(-c3ccc4c(c3)OCO4)cc(C(F)(F)F)n2n1. The third kappa shape index (κ3) is 3.51. The van der Waals surface area contributed by atoms with Crippen LogP contribution >= 0.6 is 0 Å². The van der Waals surface area contributed by atoms with Gasteiger partial charge in [0.25, 0.3) is 5.91 Å². The van der Waals surface area contributed by atoms with Gasteiger partial charge in [-0.25, -0.2) is 9.50 Å². The van der Waals surface area contributed by atoms with Crippen molar-refractivity contribution < 1.29 is 27.4 Å². The molecule has 0 unspecified atom stereocenters. The maximum absolute atomic E-state index is 13.9. The van der Waals surface area contributed by atoms with Gasteiger partial charge in [-0.05, 0) is 66.8 Å². The van der Waals surface area contributed by atoms with Crippen molar-refractivity contribution in [1.29, 1.82) is 0 Å². The van der Waals surface area contributed by atoms with Crippen molar-refractivity contribution in [1.82, 2.24) is 14.6 Å². The molecule has 2 aromatic heterocycles. The van der Waals surface area contributed by atoms with Crippen LogP contribution in [-0.2, 0) is 19.0 Å². The van der Waals surface area contributed by atoms with Crippen molar-refractivity contribution in [3.63, 3.8) is 0 Å². The number of aryl methyl sites for hydroxylation is 2. The minimum Gasteiger partial charge on any atom is -0.454 e. The first kappa shape index (κ1) is 20.5. The molecule has 3 heterocycles. The van der Waals surface area contributed by atoms with E-state index in [1.807, 2.05) is 12.1 Å². The highest BCUT2D eigenvalue weighted by atomic mass is 19.4. The highest BCUT2D eigenvalue weighted by Crippen LogP contribution is 2.37. The summed E-state index contributed by atoms with van der Waals surface area (Å²) in [7, 11) is 0. The van der Waals surface area contributed by atoms with E-state index in [4.69, 9.17) is 9.47 Å². The van der Waals surface area contributed by atoms with E-state index >= 15 is 0 Å². The van der Waals surface area contributed by atoms with Crippen molar-refractivity contribution >= 4 is 17.2 Å². The fraction of sp³-hybridized carbons (Fsp3) is 0.208. The van der Waals surface area contributed by atoms with Gasteiger partial charge in [-0.15, -0.1) is 0 Å². The number of carbonyl (C=O) groups excluding carboxylic acids is 1. The zero-order valence-electron chi connectivity index (χ0n) is 17.6. The van der Waals surface area contributed by atoms with E-state index in [0.29, 0.717) is 27.3 Å². The van der Waals surface area contributed by atoms with Gasteiger partial charge in [0.15, 0.2) is 28.5 Å². The number of hydrogen-bond donors (Lipinski definition) is 1. The largest absolute Gasteiger partial charge is 0.454 e. The van der Waals surface area contributed by atoms with Crippen LogP contribution in [0.5, 0.6) is 11.5 Å². The van der Waals surface area contributed by atoms with E-state index in [9.17, 15) is 18.0 Å². The number of benzene rings is 2. The summed E-state index contributed by atoms with van der Waals surface area (Å²) in [5, 5.41) is 6.65. The third-order valence-corrected chi connectivity index (χ3v) is 5.97. The zero-order chi connectivity index (χ0) is 23.4. The maximum atomic E-state index is 13.9. The van der Waals surface area contributed by atoms with Gasteiger partial charge in [0, 0.05) is 17.3 Å². The Morgan fingerprint density at radius 3 is 2.65 bits per heavy atom. The molecule has 1 aliphatic carbocycles. The lowest BCUT2D eigenvalue weighted by atomic mass is 10.1. The van der Waals surface area contributed by atoms with Crippen molar-refractivity contribution in [2.24, 2.45) is 0 Å². The highest BCUT2D eigenvalue weighted by molar-refractivity contribution is 6.03. The average molecular weight is 466 g/mol. The minimum atomic E-state index is -4.72. The Morgan fingerprint density at radius 1 is 0.971 bits per heavy atom. The summed E-state index contributed by atoms with van der Waals surface area (Å²) in [6.45, 7) is 0.0460. The Morgan fingerprint density at radius 2 is 1.79 bits per heavy atom. The van der Waals surface area contributed by atoms with Crippen molar-refractivity contribution in [3.8, 4) is 22.8 Å². The van der Waals surface area contributed by atoms with E-state index < -0.39 is 17.8 Å². The maximum Gasteiger partial charge on any atom is 0.433 e. The van der Waals surface area contributed by atoms with E-state index in [1.54, 1.807) is 24.3 Å². The first-order valence-electron chi connectivity index (χ1n) is 10.7. The van der Waals surface area contributed by atoms with Gasteiger partial charge in [-0.3, -0.25) is 4.79 Å². The van der Waals surface area contributed by atoms with Crippen LogP contribution in [-0.4, -0.2) is 27.3 Å². The van der Waals surface area contributed by atoms with Gasteiger partial charge >= 0.3 is 6.18 Å². The molecule has 0 saturated heterocycles. The predicted molar refractivity (Wildman–Crippen MR) is 116 cm³/mol. The van der Waals surface area contributed by atoms with Crippen LogP contribution < -0.4 is 14.8 Å². The first-order valence-corrected chi connectivity index (χ1v) is 10.7. The second-order valence-electron chi connectivity index (χ2n) is 8.18. The molecule has 2 aromatic carbocycles. The van der Waals surface area contributed by atoms with E-state index in [2.05, 4.69) is 15.4 Å². The average Bonchev–Trinajstić information content (AvgIpc) is 3.55. The smallest absolute Gasteiger partial charge is 0.433 e. The van der Waals surface area contributed by atoms with Crippen LogP contribution in [0.4, 0.5) is 18.9 Å². The molecule has 10 heteroatoms. The number of rotatable bonds is 3. The van der Waals surface area contributed by atoms with Crippen LogP contribution in [0, 0.1) is 0 Å². The highest BCUT2D eigenvalue weighted by Gasteiger charge is 2.36. The molecule has 0 atom stereocenters. The summed E-state index contributed by atoms with van der Waals surface area (Å²) in [6, 6.07) is 12.6. The number of carbonyl (C=O) groups is 1. The van der Waals surface area contributed by atoms with Crippen molar-refractivity contribution in [2.75, 3.05) is 12.1 Å². The van der Waals surface area contributed by atoms with E-state index in [-0.39, 0.29) is 23.8 Å². The van der Waals surface area contributed by atoms with Crippen LogP contribution in [0.3, 0.4) is 0 Å².